The van der Waals surface area contributed by atoms with Crippen LogP contribution in [0.4, 0.5) is 9.93 Å². The first-order valence-corrected chi connectivity index (χ1v) is 14.6. The molecule has 0 bridgehead atoms. The lowest BCUT2D eigenvalue weighted by Gasteiger charge is -2.45. The first-order valence-electron chi connectivity index (χ1n) is 13.8. The summed E-state index contributed by atoms with van der Waals surface area (Å²) < 4.78 is 0.907. The number of nitrogens with one attached hydrogen (secondary N) is 1. The highest BCUT2D eigenvalue weighted by atomic mass is 32.1. The van der Waals surface area contributed by atoms with Crippen LogP contribution in [0.1, 0.15) is 16.7 Å². The molecule has 1 aromatic heterocycles. The Morgan fingerprint density at radius 2 is 1.86 bits per heavy atom. The number of benzene rings is 3. The van der Waals surface area contributed by atoms with Gasteiger partial charge in [-0.1, -0.05) is 59.9 Å². The Kier molecular flexibility index (Phi) is 7.50. The molecule has 222 valence electrons. The zero-order chi connectivity index (χ0) is 30.2. The molecule has 4 amide bonds. The van der Waals surface area contributed by atoms with Gasteiger partial charge in [0, 0.05) is 26.6 Å². The number of phenolic OH excluding ortho intramolecular Hbond substituents is 2. The molecule has 12 nitrogen and oxygen atoms in total. The minimum atomic E-state index is -0.902. The van der Waals surface area contributed by atoms with E-state index in [1.54, 1.807) is 23.0 Å². The molecule has 0 aliphatic carbocycles. The Morgan fingerprint density at radius 1 is 1.07 bits per heavy atom. The van der Waals surface area contributed by atoms with Crippen molar-refractivity contribution in [1.29, 1.82) is 0 Å². The van der Waals surface area contributed by atoms with Gasteiger partial charge in [0.2, 0.25) is 11.8 Å². The van der Waals surface area contributed by atoms with Gasteiger partial charge in [-0.3, -0.25) is 14.6 Å². The highest BCUT2D eigenvalue weighted by Gasteiger charge is 2.51. The number of rotatable bonds is 7. The van der Waals surface area contributed by atoms with Crippen LogP contribution in [0.15, 0.2) is 66.7 Å². The number of urea groups is 1. The predicted octanol–water partition coefficient (Wildman–Crippen LogP) is 2.47. The third-order valence-electron chi connectivity index (χ3n) is 7.88. The highest BCUT2D eigenvalue weighted by molar-refractivity contribution is 7.22. The molecule has 2 atom stereocenters. The number of para-hydroxylation sites is 1. The van der Waals surface area contributed by atoms with Crippen molar-refractivity contribution in [2.45, 2.75) is 31.7 Å². The molecular weight excluding hydrogens is 570 g/mol. The number of phenols is 2. The van der Waals surface area contributed by atoms with Crippen LogP contribution in [0, 0.1) is 0 Å². The van der Waals surface area contributed by atoms with Crippen LogP contribution in [0.2, 0.25) is 0 Å². The fourth-order valence-electron chi connectivity index (χ4n) is 5.73. The number of nitrogens with two attached hydrogens (primary N) is 1. The number of amides is 4. The lowest BCUT2D eigenvalue weighted by Crippen LogP contribution is -2.65. The number of thiazole rings is 1. The first kappa shape index (κ1) is 28.2. The van der Waals surface area contributed by atoms with Crippen LogP contribution in [-0.4, -0.2) is 85.2 Å². The van der Waals surface area contributed by atoms with E-state index in [0.29, 0.717) is 17.2 Å². The number of anilines is 1. The van der Waals surface area contributed by atoms with Crippen molar-refractivity contribution >= 4 is 44.5 Å². The van der Waals surface area contributed by atoms with Crippen molar-refractivity contribution in [3.8, 4) is 11.5 Å². The summed E-state index contributed by atoms with van der Waals surface area (Å²) in [6, 6.07) is 18.3. The number of hydrogen-bond acceptors (Lipinski definition) is 9. The summed E-state index contributed by atoms with van der Waals surface area (Å²) in [5.41, 5.74) is 9.02. The average Bonchev–Trinajstić information content (AvgIpc) is 3.55. The van der Waals surface area contributed by atoms with Gasteiger partial charge in [-0.05, 0) is 34.9 Å². The lowest BCUT2D eigenvalue weighted by atomic mass is 9.99. The van der Waals surface area contributed by atoms with Crippen molar-refractivity contribution in [3.63, 3.8) is 0 Å². The maximum absolute atomic E-state index is 14.1. The molecule has 43 heavy (non-hydrogen) atoms. The maximum Gasteiger partial charge on any atom is 0.332 e. The fourth-order valence-corrected chi connectivity index (χ4v) is 6.51. The predicted molar refractivity (Wildman–Crippen MR) is 160 cm³/mol. The number of hydrogen-bond donors (Lipinski definition) is 4. The van der Waals surface area contributed by atoms with Crippen LogP contribution in [-0.2, 0) is 29.1 Å². The summed E-state index contributed by atoms with van der Waals surface area (Å²) in [5.74, 6) is -1.15. The second kappa shape index (κ2) is 11.4. The number of nitrogen functional groups attached to an aromatic ring is 1. The Labute approximate surface area is 251 Å². The zero-order valence-corrected chi connectivity index (χ0v) is 24.2. The standard InChI is InChI=1S/C30H31N7O5S/c1-34(30(42)32-14-18-6-3-2-4-7-18)36-17-26(40)37-21(12-19-10-11-22(38)23(39)13-19)28(41)35(16-25(36)37)15-20-8-5-9-24-27(20)33-29(31)43-24/h2-11,13,21,25,38-39H,12,14-17H2,1H3,(H2,31,33)(H,32,42)/t21-,25+/m0/s1. The van der Waals surface area contributed by atoms with E-state index in [4.69, 9.17) is 5.73 Å². The summed E-state index contributed by atoms with van der Waals surface area (Å²) >= 11 is 1.37. The third kappa shape index (κ3) is 5.51. The second-order valence-corrected chi connectivity index (χ2v) is 11.7. The van der Waals surface area contributed by atoms with Gasteiger partial charge in [0.05, 0.1) is 23.3 Å². The van der Waals surface area contributed by atoms with Gasteiger partial charge in [-0.25, -0.2) is 9.78 Å². The van der Waals surface area contributed by atoms with Crippen molar-refractivity contribution in [2.75, 3.05) is 25.9 Å². The quantitative estimate of drug-likeness (QED) is 0.236. The van der Waals surface area contributed by atoms with E-state index in [0.717, 1.165) is 21.3 Å². The number of aromatic nitrogens is 1. The fraction of sp³-hybridized carbons (Fsp3) is 0.267. The Balaban J connectivity index is 1.29. The van der Waals surface area contributed by atoms with E-state index in [2.05, 4.69) is 10.3 Å². The molecule has 2 aliphatic heterocycles. The van der Waals surface area contributed by atoms with Gasteiger partial charge < -0.3 is 31.1 Å². The molecule has 13 heteroatoms. The molecule has 3 aromatic carbocycles. The lowest BCUT2D eigenvalue weighted by molar-refractivity contribution is -0.157. The number of carbonyl (C=O) groups is 3. The number of piperazine rings is 1. The van der Waals surface area contributed by atoms with Crippen LogP contribution < -0.4 is 11.1 Å². The van der Waals surface area contributed by atoms with Gasteiger partial charge in [-0.2, -0.15) is 5.01 Å². The minimum absolute atomic E-state index is 0.0867. The number of hydrazine groups is 1. The number of aromatic hydroxyl groups is 2. The monoisotopic (exact) mass is 601 g/mol. The van der Waals surface area contributed by atoms with Gasteiger partial charge >= 0.3 is 6.03 Å². The van der Waals surface area contributed by atoms with Crippen LogP contribution >= 0.6 is 11.3 Å². The van der Waals surface area contributed by atoms with Crippen molar-refractivity contribution in [2.24, 2.45) is 0 Å². The normalized spacial score (nSPS) is 18.7. The molecular formula is C30H31N7O5S. The summed E-state index contributed by atoms with van der Waals surface area (Å²) in [6.45, 7) is 0.621. The molecule has 6 rings (SSSR count). The summed E-state index contributed by atoms with van der Waals surface area (Å²) in [4.78, 5) is 48.4. The Bertz CT molecular complexity index is 1700. The average molecular weight is 602 g/mol. The highest BCUT2D eigenvalue weighted by Crippen LogP contribution is 2.33. The first-order chi connectivity index (χ1) is 20.7. The summed E-state index contributed by atoms with van der Waals surface area (Å²) in [5, 5.41) is 26.3. The molecule has 3 heterocycles. The molecule has 4 aromatic rings. The SMILES string of the molecule is CN(C(=O)NCc1ccccc1)N1CC(=O)N2[C@@H](Cc3ccc(O)c(O)c3)C(=O)N(Cc3cccc4sc(N)nc34)C[C@@H]21. The molecule has 2 fully saturated rings. The summed E-state index contributed by atoms with van der Waals surface area (Å²) in [7, 11) is 1.60. The molecule has 0 radical (unpaired) electrons. The molecule has 2 aliphatic rings. The van der Waals surface area contributed by atoms with E-state index in [-0.39, 0.29) is 55.4 Å². The number of nitrogens with zero attached hydrogens (tertiary/aromatic N) is 5. The largest absolute Gasteiger partial charge is 0.504 e. The topological polar surface area (TPSA) is 156 Å². The van der Waals surface area contributed by atoms with E-state index in [1.807, 2.05) is 48.5 Å². The molecule has 5 N–H and O–H groups in total. The number of fused-ring (bicyclic) bond motifs is 2. The number of carbonyl (C=O) groups excluding carboxylic acids is 3. The van der Waals surface area contributed by atoms with E-state index >= 15 is 0 Å². The van der Waals surface area contributed by atoms with Crippen molar-refractivity contribution in [1.82, 2.24) is 30.1 Å². The van der Waals surface area contributed by atoms with Gasteiger partial charge in [0.25, 0.3) is 0 Å². The zero-order valence-electron chi connectivity index (χ0n) is 23.4. The Morgan fingerprint density at radius 3 is 2.63 bits per heavy atom. The Hall–Kier alpha value is -4.88. The molecule has 0 saturated carbocycles. The van der Waals surface area contributed by atoms with Crippen molar-refractivity contribution in [3.05, 3.63) is 83.4 Å². The summed E-state index contributed by atoms with van der Waals surface area (Å²) in [6.07, 6.45) is -0.509. The van der Waals surface area contributed by atoms with E-state index in [9.17, 15) is 24.6 Å². The third-order valence-corrected chi connectivity index (χ3v) is 8.73. The molecule has 0 spiro atoms. The second-order valence-electron chi connectivity index (χ2n) is 10.6. The van der Waals surface area contributed by atoms with Crippen LogP contribution in [0.3, 0.4) is 0 Å². The van der Waals surface area contributed by atoms with Gasteiger partial charge in [0.15, 0.2) is 16.6 Å². The maximum atomic E-state index is 14.1. The minimum Gasteiger partial charge on any atom is -0.504 e. The van der Waals surface area contributed by atoms with Crippen LogP contribution in [0.5, 0.6) is 11.5 Å². The van der Waals surface area contributed by atoms with Crippen LogP contribution in [0.25, 0.3) is 10.2 Å². The van der Waals surface area contributed by atoms with Gasteiger partial charge in [-0.15, -0.1) is 0 Å². The molecule has 2 saturated heterocycles. The van der Waals surface area contributed by atoms with E-state index < -0.39 is 12.2 Å². The smallest absolute Gasteiger partial charge is 0.332 e. The van der Waals surface area contributed by atoms with E-state index in [1.165, 1.54) is 33.4 Å². The molecule has 0 unspecified atom stereocenters. The van der Waals surface area contributed by atoms with Crippen molar-refractivity contribution < 1.29 is 24.6 Å². The van der Waals surface area contributed by atoms with Gasteiger partial charge in [0.1, 0.15) is 12.2 Å².